The molecule has 0 bridgehead atoms. The number of piperazine rings is 1. The van der Waals surface area contributed by atoms with E-state index >= 15 is 0 Å². The normalized spacial score (nSPS) is 24.6. The Labute approximate surface area is 110 Å². The van der Waals surface area contributed by atoms with Crippen molar-refractivity contribution in [3.05, 3.63) is 23.9 Å². The van der Waals surface area contributed by atoms with Gasteiger partial charge in [-0.05, 0) is 44.7 Å². The van der Waals surface area contributed by atoms with Gasteiger partial charge in [0.15, 0.2) is 0 Å². The van der Waals surface area contributed by atoms with Crippen molar-refractivity contribution < 1.29 is 0 Å². The predicted molar refractivity (Wildman–Crippen MR) is 75.0 cm³/mol. The fourth-order valence-electron chi connectivity index (χ4n) is 3.29. The van der Waals surface area contributed by atoms with E-state index in [-0.39, 0.29) is 0 Å². The standard InChI is InChI=1S/C15H23N3/c1-12(2)17-9-10-18-14(11-17)7-3-5-13-6-4-8-16-15(13)18/h4,6,8,12,14H,3,5,7,9-11H2,1-2H3. The van der Waals surface area contributed by atoms with E-state index in [1.54, 1.807) is 0 Å². The van der Waals surface area contributed by atoms with E-state index in [2.05, 4.69) is 40.8 Å². The summed E-state index contributed by atoms with van der Waals surface area (Å²) in [6.07, 6.45) is 5.74. The lowest BCUT2D eigenvalue weighted by Crippen LogP contribution is -2.55. The molecule has 0 aromatic carbocycles. The summed E-state index contributed by atoms with van der Waals surface area (Å²) in [6.45, 7) is 8.11. The van der Waals surface area contributed by atoms with E-state index in [0.29, 0.717) is 12.1 Å². The second-order valence-corrected chi connectivity index (χ2v) is 5.81. The molecule has 0 radical (unpaired) electrons. The Balaban J connectivity index is 1.86. The van der Waals surface area contributed by atoms with Gasteiger partial charge in [0.05, 0.1) is 0 Å². The highest BCUT2D eigenvalue weighted by molar-refractivity contribution is 5.49. The molecule has 0 N–H and O–H groups in total. The largest absolute Gasteiger partial charge is 0.351 e. The number of hydrogen-bond acceptors (Lipinski definition) is 3. The molecule has 0 saturated carbocycles. The van der Waals surface area contributed by atoms with Gasteiger partial charge in [0.2, 0.25) is 0 Å². The second kappa shape index (κ2) is 4.88. The Kier molecular flexibility index (Phi) is 3.25. The van der Waals surface area contributed by atoms with Crippen LogP contribution in [0.3, 0.4) is 0 Å². The molecule has 0 aliphatic carbocycles. The first kappa shape index (κ1) is 12.0. The molecule has 2 aliphatic heterocycles. The van der Waals surface area contributed by atoms with Crippen LogP contribution < -0.4 is 4.90 Å². The summed E-state index contributed by atoms with van der Waals surface area (Å²) in [5.74, 6) is 1.25. The zero-order chi connectivity index (χ0) is 12.5. The predicted octanol–water partition coefficient (Wildman–Crippen LogP) is 2.32. The lowest BCUT2D eigenvalue weighted by molar-refractivity contribution is 0.177. The SMILES string of the molecule is CC(C)N1CCN2c3ncccc3CCCC2C1. The van der Waals surface area contributed by atoms with Crippen LogP contribution in [0, 0.1) is 0 Å². The number of aryl methyl sites for hydroxylation is 1. The monoisotopic (exact) mass is 245 g/mol. The van der Waals surface area contributed by atoms with E-state index < -0.39 is 0 Å². The zero-order valence-electron chi connectivity index (χ0n) is 11.5. The molecule has 0 amide bonds. The number of fused-ring (bicyclic) bond motifs is 3. The molecule has 1 saturated heterocycles. The molecule has 98 valence electrons. The van der Waals surface area contributed by atoms with Gasteiger partial charge >= 0.3 is 0 Å². The molecule has 3 heteroatoms. The molecule has 0 spiro atoms. The molecule has 3 nitrogen and oxygen atoms in total. The molecule has 3 rings (SSSR count). The summed E-state index contributed by atoms with van der Waals surface area (Å²) in [5.41, 5.74) is 1.44. The van der Waals surface area contributed by atoms with Crippen LogP contribution in [-0.4, -0.2) is 41.6 Å². The number of hydrogen-bond donors (Lipinski definition) is 0. The molecule has 3 heterocycles. The Bertz CT molecular complexity index is 416. The summed E-state index contributed by atoms with van der Waals surface area (Å²) in [4.78, 5) is 9.80. The third-order valence-corrected chi connectivity index (χ3v) is 4.37. The van der Waals surface area contributed by atoms with E-state index in [4.69, 9.17) is 0 Å². The molecule has 1 aromatic rings. The highest BCUT2D eigenvalue weighted by Crippen LogP contribution is 2.29. The maximum absolute atomic E-state index is 4.64. The molecular formula is C15H23N3. The molecule has 1 aromatic heterocycles. The number of anilines is 1. The third kappa shape index (κ3) is 2.12. The summed E-state index contributed by atoms with van der Waals surface area (Å²) in [7, 11) is 0. The van der Waals surface area contributed by atoms with Gasteiger partial charge in [-0.1, -0.05) is 6.07 Å². The summed E-state index contributed by atoms with van der Waals surface area (Å²) in [6, 6.07) is 5.65. The maximum Gasteiger partial charge on any atom is 0.132 e. The van der Waals surface area contributed by atoms with E-state index in [0.717, 1.165) is 6.54 Å². The maximum atomic E-state index is 4.64. The topological polar surface area (TPSA) is 19.4 Å². The van der Waals surface area contributed by atoms with Gasteiger partial charge in [-0.2, -0.15) is 0 Å². The van der Waals surface area contributed by atoms with Gasteiger partial charge in [-0.3, -0.25) is 4.90 Å². The summed E-state index contributed by atoms with van der Waals surface area (Å²) >= 11 is 0. The van der Waals surface area contributed by atoms with Gasteiger partial charge in [0.25, 0.3) is 0 Å². The molecule has 1 fully saturated rings. The van der Waals surface area contributed by atoms with E-state index in [9.17, 15) is 0 Å². The van der Waals surface area contributed by atoms with Crippen molar-refractivity contribution in [2.45, 2.75) is 45.2 Å². The molecule has 1 unspecified atom stereocenters. The lowest BCUT2D eigenvalue weighted by Gasteiger charge is -2.43. The average molecular weight is 245 g/mol. The zero-order valence-corrected chi connectivity index (χ0v) is 11.5. The first-order chi connectivity index (χ1) is 8.75. The van der Waals surface area contributed by atoms with Gasteiger partial charge in [-0.15, -0.1) is 0 Å². The number of aromatic nitrogens is 1. The van der Waals surface area contributed by atoms with Crippen LogP contribution in [0.1, 0.15) is 32.3 Å². The van der Waals surface area contributed by atoms with Crippen LogP contribution in [0.5, 0.6) is 0 Å². The third-order valence-electron chi connectivity index (χ3n) is 4.37. The van der Waals surface area contributed by atoms with Crippen LogP contribution in [0.15, 0.2) is 18.3 Å². The first-order valence-corrected chi connectivity index (χ1v) is 7.20. The molecular weight excluding hydrogens is 222 g/mol. The van der Waals surface area contributed by atoms with E-state index in [1.165, 1.54) is 43.7 Å². The quantitative estimate of drug-likeness (QED) is 0.757. The van der Waals surface area contributed by atoms with Crippen molar-refractivity contribution in [1.29, 1.82) is 0 Å². The average Bonchev–Trinajstić information content (AvgIpc) is 2.57. The van der Waals surface area contributed by atoms with Crippen molar-refractivity contribution in [2.24, 2.45) is 0 Å². The Morgan fingerprint density at radius 1 is 1.33 bits per heavy atom. The number of nitrogens with zero attached hydrogens (tertiary/aromatic N) is 3. The number of pyridine rings is 1. The molecule has 2 aliphatic rings. The fraction of sp³-hybridized carbons (Fsp3) is 0.667. The van der Waals surface area contributed by atoms with E-state index in [1.807, 2.05) is 6.20 Å². The first-order valence-electron chi connectivity index (χ1n) is 7.20. The lowest BCUT2D eigenvalue weighted by atomic mass is 10.1. The van der Waals surface area contributed by atoms with Crippen LogP contribution in [0.2, 0.25) is 0 Å². The minimum atomic E-state index is 0.664. The van der Waals surface area contributed by atoms with Crippen molar-refractivity contribution in [3.63, 3.8) is 0 Å². The van der Waals surface area contributed by atoms with Gasteiger partial charge in [0.1, 0.15) is 5.82 Å². The second-order valence-electron chi connectivity index (χ2n) is 5.81. The van der Waals surface area contributed by atoms with Gasteiger partial charge in [-0.25, -0.2) is 4.98 Å². The summed E-state index contributed by atoms with van der Waals surface area (Å²) in [5, 5.41) is 0. The van der Waals surface area contributed by atoms with Gasteiger partial charge in [0, 0.05) is 37.9 Å². The van der Waals surface area contributed by atoms with Crippen LogP contribution in [0.4, 0.5) is 5.82 Å². The minimum absolute atomic E-state index is 0.664. The van der Waals surface area contributed by atoms with Crippen molar-refractivity contribution >= 4 is 5.82 Å². The Morgan fingerprint density at radius 2 is 2.22 bits per heavy atom. The molecule has 18 heavy (non-hydrogen) atoms. The van der Waals surface area contributed by atoms with Crippen LogP contribution in [-0.2, 0) is 6.42 Å². The highest BCUT2D eigenvalue weighted by atomic mass is 15.3. The van der Waals surface area contributed by atoms with Crippen LogP contribution >= 0.6 is 0 Å². The summed E-state index contributed by atoms with van der Waals surface area (Å²) < 4.78 is 0. The van der Waals surface area contributed by atoms with Crippen LogP contribution in [0.25, 0.3) is 0 Å². The van der Waals surface area contributed by atoms with Crippen molar-refractivity contribution in [3.8, 4) is 0 Å². The Hall–Kier alpha value is -1.09. The number of rotatable bonds is 1. The fourth-order valence-corrected chi connectivity index (χ4v) is 3.29. The molecule has 1 atom stereocenters. The smallest absolute Gasteiger partial charge is 0.132 e. The Morgan fingerprint density at radius 3 is 3.06 bits per heavy atom. The van der Waals surface area contributed by atoms with Crippen molar-refractivity contribution in [1.82, 2.24) is 9.88 Å². The highest BCUT2D eigenvalue weighted by Gasteiger charge is 2.31. The minimum Gasteiger partial charge on any atom is -0.351 e. The van der Waals surface area contributed by atoms with Gasteiger partial charge < -0.3 is 4.90 Å². The van der Waals surface area contributed by atoms with Crippen molar-refractivity contribution in [2.75, 3.05) is 24.5 Å².